The lowest BCUT2D eigenvalue weighted by Gasteiger charge is -2.35. The Labute approximate surface area is 150 Å². The molecule has 0 radical (unpaired) electrons. The average molecular weight is 397 g/mol. The van der Waals surface area contributed by atoms with Crippen LogP contribution in [-0.2, 0) is 26.0 Å². The monoisotopic (exact) mass is 397 g/mol. The Bertz CT molecular complexity index is 1090. The molecule has 2 aromatic carbocycles. The predicted octanol–water partition coefficient (Wildman–Crippen LogP) is 1.82. The van der Waals surface area contributed by atoms with Gasteiger partial charge in [-0.2, -0.15) is 16.8 Å². The lowest BCUT2D eigenvalue weighted by atomic mass is 9.89. The first-order valence-corrected chi connectivity index (χ1v) is 10.2. The van der Waals surface area contributed by atoms with Gasteiger partial charge in [-0.25, -0.2) is 0 Å². The number of hydrogen-bond donors (Lipinski definition) is 4. The van der Waals surface area contributed by atoms with Crippen molar-refractivity contribution in [2.24, 2.45) is 0 Å². The maximum atomic E-state index is 11.6. The minimum atomic E-state index is -4.63. The first-order valence-electron chi connectivity index (χ1n) is 7.35. The maximum Gasteiger partial charge on any atom is 0.294 e. The molecule has 1 atom stereocenters. The number of rotatable bonds is 4. The van der Waals surface area contributed by atoms with E-state index in [-0.39, 0.29) is 11.1 Å². The molecule has 1 aliphatic rings. The summed E-state index contributed by atoms with van der Waals surface area (Å²) in [5, 5.41) is 13.9. The molecule has 3 rings (SSSR count). The molecule has 0 aliphatic heterocycles. The normalized spacial score (nSPS) is 20.2. The summed E-state index contributed by atoms with van der Waals surface area (Å²) >= 11 is 0. The summed E-state index contributed by atoms with van der Waals surface area (Å²) in [6.45, 7) is 0. The summed E-state index contributed by atoms with van der Waals surface area (Å²) in [7, 11) is -9.16. The molecule has 0 aromatic heterocycles. The summed E-state index contributed by atoms with van der Waals surface area (Å²) in [5.41, 5.74) is -1.21. The Morgan fingerprint density at radius 1 is 0.923 bits per heavy atom. The molecular formula is C16H15NO7S2. The molecule has 0 saturated carbocycles. The van der Waals surface area contributed by atoms with Crippen LogP contribution in [0.4, 0.5) is 5.69 Å². The molecule has 0 fully saturated rings. The average Bonchev–Trinajstić information content (AvgIpc) is 2.53. The highest BCUT2D eigenvalue weighted by molar-refractivity contribution is 7.90. The van der Waals surface area contributed by atoms with E-state index in [2.05, 4.69) is 5.32 Å². The number of fused-ring (bicyclic) bond motifs is 1. The van der Waals surface area contributed by atoms with Crippen molar-refractivity contribution in [2.75, 3.05) is 5.32 Å². The van der Waals surface area contributed by atoms with Crippen LogP contribution in [0.1, 0.15) is 17.5 Å². The van der Waals surface area contributed by atoms with E-state index in [1.54, 1.807) is 30.3 Å². The number of nitrogens with one attached hydrogen (secondary N) is 1. The van der Waals surface area contributed by atoms with Crippen molar-refractivity contribution in [1.29, 1.82) is 0 Å². The number of hydrogen-bond acceptors (Lipinski definition) is 6. The highest BCUT2D eigenvalue weighted by atomic mass is 32.2. The predicted molar refractivity (Wildman–Crippen MR) is 94.4 cm³/mol. The molecule has 8 nitrogen and oxygen atoms in total. The van der Waals surface area contributed by atoms with Crippen LogP contribution in [-0.4, -0.2) is 31.0 Å². The molecule has 10 heteroatoms. The van der Waals surface area contributed by atoms with Crippen molar-refractivity contribution >= 4 is 32.0 Å². The largest absolute Gasteiger partial charge is 0.367 e. The zero-order valence-electron chi connectivity index (χ0n) is 13.2. The Kier molecular flexibility index (Phi) is 4.41. The summed E-state index contributed by atoms with van der Waals surface area (Å²) in [5.74, 6) is 0. The molecule has 1 aliphatic carbocycles. The Balaban J connectivity index is 2.19. The van der Waals surface area contributed by atoms with Gasteiger partial charge in [0, 0.05) is 17.7 Å². The van der Waals surface area contributed by atoms with Crippen molar-refractivity contribution < 1.29 is 31.0 Å². The second-order valence-electron chi connectivity index (χ2n) is 5.84. The molecule has 0 amide bonds. The van der Waals surface area contributed by atoms with E-state index in [4.69, 9.17) is 0 Å². The van der Waals surface area contributed by atoms with Crippen molar-refractivity contribution in [3.63, 3.8) is 0 Å². The first-order chi connectivity index (χ1) is 12.0. The fourth-order valence-corrected chi connectivity index (χ4v) is 3.99. The fourth-order valence-electron chi connectivity index (χ4n) is 2.81. The second-order valence-corrected chi connectivity index (χ2v) is 8.73. The van der Waals surface area contributed by atoms with Crippen molar-refractivity contribution in [1.82, 2.24) is 0 Å². The minimum Gasteiger partial charge on any atom is -0.367 e. The number of aliphatic hydroxyl groups is 1. The van der Waals surface area contributed by atoms with Crippen LogP contribution in [0.25, 0.3) is 6.08 Å². The maximum absolute atomic E-state index is 11.6. The summed E-state index contributed by atoms with van der Waals surface area (Å²) in [4.78, 5) is -0.963. The van der Waals surface area contributed by atoms with Gasteiger partial charge < -0.3 is 10.4 Å². The topological polar surface area (TPSA) is 141 Å². The molecule has 0 heterocycles. The third kappa shape index (κ3) is 3.64. The van der Waals surface area contributed by atoms with Gasteiger partial charge in [0.2, 0.25) is 0 Å². The zero-order chi connectivity index (χ0) is 19.2. The van der Waals surface area contributed by atoms with Crippen LogP contribution in [0.5, 0.6) is 0 Å². The van der Waals surface area contributed by atoms with Crippen molar-refractivity contribution in [3.8, 4) is 0 Å². The van der Waals surface area contributed by atoms with Crippen LogP contribution in [0.2, 0.25) is 0 Å². The van der Waals surface area contributed by atoms with E-state index in [0.29, 0.717) is 5.69 Å². The number of anilines is 1. The quantitative estimate of drug-likeness (QED) is 0.452. The molecular weight excluding hydrogens is 382 g/mol. The molecule has 0 spiro atoms. The van der Waals surface area contributed by atoms with E-state index in [1.807, 2.05) is 0 Å². The van der Waals surface area contributed by atoms with Gasteiger partial charge in [0.05, 0.1) is 9.80 Å². The number of benzene rings is 2. The number of para-hydroxylation sites is 1. The highest BCUT2D eigenvalue weighted by Crippen LogP contribution is 2.40. The van der Waals surface area contributed by atoms with Gasteiger partial charge in [-0.15, -0.1) is 0 Å². The van der Waals surface area contributed by atoms with Crippen LogP contribution < -0.4 is 5.32 Å². The van der Waals surface area contributed by atoms with Gasteiger partial charge in [0.1, 0.15) is 0 Å². The van der Waals surface area contributed by atoms with Crippen LogP contribution in [0.3, 0.4) is 0 Å². The van der Waals surface area contributed by atoms with Gasteiger partial charge >= 0.3 is 0 Å². The minimum absolute atomic E-state index is 0.0323. The smallest absolute Gasteiger partial charge is 0.294 e. The van der Waals surface area contributed by atoms with Gasteiger partial charge in [0.15, 0.2) is 5.72 Å². The van der Waals surface area contributed by atoms with Crippen molar-refractivity contribution in [3.05, 3.63) is 64.6 Å². The Hall–Kier alpha value is -2.24. The van der Waals surface area contributed by atoms with Gasteiger partial charge in [-0.05, 0) is 35.9 Å². The first kappa shape index (κ1) is 18.5. The highest BCUT2D eigenvalue weighted by Gasteiger charge is 2.39. The molecule has 0 bridgehead atoms. The van der Waals surface area contributed by atoms with Gasteiger partial charge in [-0.1, -0.05) is 24.3 Å². The SMILES string of the molecule is O=S(=O)(O)C1=Cc2cc(S(=O)(=O)O)ccc2C(O)(Nc2ccccc2)C1. The van der Waals surface area contributed by atoms with Gasteiger partial charge in [0.25, 0.3) is 20.2 Å². The van der Waals surface area contributed by atoms with Crippen molar-refractivity contribution in [2.45, 2.75) is 17.0 Å². The second kappa shape index (κ2) is 6.18. The van der Waals surface area contributed by atoms with Crippen LogP contribution in [0, 0.1) is 0 Å². The fraction of sp³-hybridized carbons (Fsp3) is 0.125. The molecule has 138 valence electrons. The molecule has 1 unspecified atom stereocenters. The summed E-state index contributed by atoms with van der Waals surface area (Å²) in [6, 6.07) is 11.8. The summed E-state index contributed by atoms with van der Waals surface area (Å²) in [6.07, 6.45) is 0.583. The molecule has 2 aromatic rings. The Morgan fingerprint density at radius 2 is 1.58 bits per heavy atom. The third-order valence-corrected chi connectivity index (χ3v) is 5.74. The van der Waals surface area contributed by atoms with Crippen LogP contribution in [0.15, 0.2) is 58.3 Å². The van der Waals surface area contributed by atoms with Gasteiger partial charge in [-0.3, -0.25) is 9.11 Å². The van der Waals surface area contributed by atoms with E-state index < -0.39 is 42.2 Å². The van der Waals surface area contributed by atoms with E-state index in [0.717, 1.165) is 18.2 Å². The standard InChI is InChI=1S/C16H15NO7S2/c18-16(17-12-4-2-1-3-5-12)10-14(26(22,23)24)9-11-8-13(25(19,20)21)6-7-15(11)16/h1-9,17-18H,10H2,(H,19,20,21)(H,22,23,24). The Morgan fingerprint density at radius 3 is 2.15 bits per heavy atom. The molecule has 4 N–H and O–H groups in total. The molecule has 26 heavy (non-hydrogen) atoms. The third-order valence-electron chi connectivity index (χ3n) is 3.97. The molecule has 0 saturated heterocycles. The van der Waals surface area contributed by atoms with E-state index in [9.17, 15) is 31.0 Å². The lowest BCUT2D eigenvalue weighted by Crippen LogP contribution is -2.39. The lowest BCUT2D eigenvalue weighted by molar-refractivity contribution is 0.0677. The van der Waals surface area contributed by atoms with E-state index >= 15 is 0 Å². The summed E-state index contributed by atoms with van der Waals surface area (Å²) < 4.78 is 64.5. The van der Waals surface area contributed by atoms with E-state index in [1.165, 1.54) is 6.07 Å². The van der Waals surface area contributed by atoms with Crippen LogP contribution >= 0.6 is 0 Å². The zero-order valence-corrected chi connectivity index (χ0v) is 14.8.